The normalized spacial score (nSPS) is 30.1. The fourth-order valence-corrected chi connectivity index (χ4v) is 6.08. The van der Waals surface area contributed by atoms with Crippen LogP contribution in [0.5, 0.6) is 11.5 Å². The van der Waals surface area contributed by atoms with E-state index in [0.717, 1.165) is 44.1 Å². The Morgan fingerprint density at radius 3 is 2.77 bits per heavy atom. The van der Waals surface area contributed by atoms with Gasteiger partial charge < -0.3 is 14.4 Å². The van der Waals surface area contributed by atoms with Crippen molar-refractivity contribution in [2.75, 3.05) is 14.1 Å². The maximum atomic E-state index is 12.9. The Balaban J connectivity index is 1.72. The lowest BCUT2D eigenvalue weighted by molar-refractivity contribution is -0.139. The number of ether oxygens (including phenoxy) is 2. The number of rotatable bonds is 7. The molecule has 5 nitrogen and oxygen atoms in total. The average Bonchev–Trinajstić information content (AvgIpc) is 3.04. The van der Waals surface area contributed by atoms with E-state index in [0.29, 0.717) is 29.9 Å². The van der Waals surface area contributed by atoms with Crippen LogP contribution in [0.1, 0.15) is 70.4 Å². The van der Waals surface area contributed by atoms with Crippen LogP contribution < -0.4 is 9.47 Å². The number of carbonyl (C=O) groups is 2. The minimum atomic E-state index is -0.477. The number of hydrogen-bond donors (Lipinski definition) is 0. The van der Waals surface area contributed by atoms with E-state index in [2.05, 4.69) is 38.9 Å². The van der Waals surface area contributed by atoms with E-state index in [9.17, 15) is 9.59 Å². The van der Waals surface area contributed by atoms with Crippen LogP contribution in [0.25, 0.3) is 0 Å². The lowest BCUT2D eigenvalue weighted by atomic mass is 9.55. The Morgan fingerprint density at radius 2 is 2.10 bits per heavy atom. The van der Waals surface area contributed by atoms with Crippen molar-refractivity contribution in [2.45, 2.75) is 83.3 Å². The standard InChI is InChI=1S/C25H35NO4/c1-6-8-9-15(7-2)24(28)29-20-13-10-16-14-18(26(4)5)17-11-12-19(27)23-25(17,3)21(16)22(20)30-23/h10,13,15,17-18,23H,6-9,11-12,14H2,1-5H3/t15?,17?,18-,23+,25+/m1/s1. The Bertz CT molecular complexity index is 848. The second-order valence-electron chi connectivity index (χ2n) is 9.72. The van der Waals surface area contributed by atoms with Gasteiger partial charge in [0.25, 0.3) is 0 Å². The van der Waals surface area contributed by atoms with Crippen molar-refractivity contribution in [1.82, 2.24) is 4.90 Å². The predicted octanol–water partition coefficient (Wildman–Crippen LogP) is 4.29. The molecule has 1 aromatic carbocycles. The maximum absolute atomic E-state index is 12.9. The molecule has 164 valence electrons. The highest BCUT2D eigenvalue weighted by Gasteiger charge is 2.61. The van der Waals surface area contributed by atoms with Crippen molar-refractivity contribution in [3.05, 3.63) is 23.3 Å². The van der Waals surface area contributed by atoms with Crippen molar-refractivity contribution in [3.8, 4) is 11.5 Å². The fourth-order valence-electron chi connectivity index (χ4n) is 6.08. The van der Waals surface area contributed by atoms with Crippen LogP contribution in [0.4, 0.5) is 0 Å². The zero-order valence-corrected chi connectivity index (χ0v) is 19.0. The van der Waals surface area contributed by atoms with Gasteiger partial charge in [-0.2, -0.15) is 0 Å². The number of hydrogen-bond acceptors (Lipinski definition) is 5. The highest BCUT2D eigenvalue weighted by Crippen LogP contribution is 2.60. The van der Waals surface area contributed by atoms with Gasteiger partial charge in [0.05, 0.1) is 5.92 Å². The fraction of sp³-hybridized carbons (Fsp3) is 0.680. The van der Waals surface area contributed by atoms with Crippen LogP contribution in [0, 0.1) is 11.8 Å². The molecule has 1 aromatic rings. The van der Waals surface area contributed by atoms with Gasteiger partial charge >= 0.3 is 5.97 Å². The molecule has 0 N–H and O–H groups in total. The molecular weight excluding hydrogens is 378 g/mol. The molecule has 0 amide bonds. The number of nitrogens with zero attached hydrogens (tertiary/aromatic N) is 1. The molecule has 1 saturated carbocycles. The molecule has 4 rings (SSSR count). The van der Waals surface area contributed by atoms with Crippen LogP contribution in [0.3, 0.4) is 0 Å². The number of ketones is 1. The Labute approximate surface area is 180 Å². The van der Waals surface area contributed by atoms with Crippen molar-refractivity contribution in [3.63, 3.8) is 0 Å². The Morgan fingerprint density at radius 1 is 1.33 bits per heavy atom. The molecule has 0 aromatic heterocycles. The van der Waals surface area contributed by atoms with Crippen molar-refractivity contribution in [1.29, 1.82) is 0 Å². The Hall–Kier alpha value is -1.88. The predicted molar refractivity (Wildman–Crippen MR) is 116 cm³/mol. The van der Waals surface area contributed by atoms with Gasteiger partial charge in [-0.25, -0.2) is 0 Å². The molecule has 0 radical (unpaired) electrons. The molecule has 0 spiro atoms. The second-order valence-corrected chi connectivity index (χ2v) is 9.72. The van der Waals surface area contributed by atoms with Gasteiger partial charge in [-0.15, -0.1) is 0 Å². The van der Waals surface area contributed by atoms with E-state index in [1.807, 2.05) is 13.0 Å². The third-order valence-electron chi connectivity index (χ3n) is 7.79. The summed E-state index contributed by atoms with van der Waals surface area (Å²) in [6.45, 7) is 6.35. The third kappa shape index (κ3) is 3.17. The number of benzene rings is 1. The maximum Gasteiger partial charge on any atom is 0.314 e. The number of Topliss-reactive ketones (excluding diaryl/α,β-unsaturated/α-hetero) is 1. The summed E-state index contributed by atoms with van der Waals surface area (Å²) >= 11 is 0. The van der Waals surface area contributed by atoms with Gasteiger partial charge in [0.1, 0.15) is 0 Å². The van der Waals surface area contributed by atoms with Crippen molar-refractivity contribution in [2.24, 2.45) is 11.8 Å². The summed E-state index contributed by atoms with van der Waals surface area (Å²) < 4.78 is 12.2. The summed E-state index contributed by atoms with van der Waals surface area (Å²) in [5, 5.41) is 0. The molecule has 1 fully saturated rings. The van der Waals surface area contributed by atoms with Gasteiger partial charge in [0.15, 0.2) is 23.4 Å². The first-order valence-electron chi connectivity index (χ1n) is 11.6. The molecule has 0 saturated heterocycles. The van der Waals surface area contributed by atoms with Crippen molar-refractivity contribution < 1.29 is 19.1 Å². The van der Waals surface area contributed by atoms with E-state index in [1.165, 1.54) is 5.56 Å². The number of unbranched alkanes of at least 4 members (excludes halogenated alkanes) is 1. The first-order valence-corrected chi connectivity index (χ1v) is 11.6. The zero-order valence-electron chi connectivity index (χ0n) is 19.0. The summed E-state index contributed by atoms with van der Waals surface area (Å²) in [6, 6.07) is 4.33. The van der Waals surface area contributed by atoms with Gasteiger partial charge in [0, 0.05) is 23.4 Å². The van der Waals surface area contributed by atoms with E-state index in [4.69, 9.17) is 9.47 Å². The SMILES string of the molecule is CCCCC(CC)C(=O)Oc1ccc2c3c1O[C@H]1C(=O)CCC([C@H](N(C)C)C2)[C@@]31C. The molecule has 5 atom stereocenters. The van der Waals surface area contributed by atoms with E-state index in [1.54, 1.807) is 0 Å². The lowest BCUT2D eigenvalue weighted by Crippen LogP contribution is -2.59. The van der Waals surface area contributed by atoms with E-state index >= 15 is 0 Å². The lowest BCUT2D eigenvalue weighted by Gasteiger charge is -2.50. The minimum absolute atomic E-state index is 0.0973. The molecule has 5 heteroatoms. The highest BCUT2D eigenvalue weighted by atomic mass is 16.6. The monoisotopic (exact) mass is 413 g/mol. The third-order valence-corrected chi connectivity index (χ3v) is 7.79. The number of carbonyl (C=O) groups excluding carboxylic acids is 2. The molecule has 1 heterocycles. The van der Waals surface area contributed by atoms with Gasteiger partial charge in [-0.05, 0) is 57.3 Å². The molecule has 0 bridgehead atoms. The van der Waals surface area contributed by atoms with Gasteiger partial charge in [-0.1, -0.05) is 39.7 Å². The summed E-state index contributed by atoms with van der Waals surface area (Å²) in [4.78, 5) is 28.0. The molecular formula is C25H35NO4. The molecule has 1 aliphatic heterocycles. The van der Waals surface area contributed by atoms with Crippen LogP contribution >= 0.6 is 0 Å². The van der Waals surface area contributed by atoms with Gasteiger partial charge in [-0.3, -0.25) is 9.59 Å². The molecule has 3 aliphatic rings. The van der Waals surface area contributed by atoms with Crippen LogP contribution in [-0.2, 0) is 21.4 Å². The van der Waals surface area contributed by atoms with Gasteiger partial charge in [0.2, 0.25) is 0 Å². The van der Waals surface area contributed by atoms with Crippen LogP contribution in [0.15, 0.2) is 12.1 Å². The minimum Gasteiger partial charge on any atom is -0.477 e. The number of likely N-dealkylation sites (N-methyl/N-ethyl adjacent to an activating group) is 1. The van der Waals surface area contributed by atoms with Crippen molar-refractivity contribution >= 4 is 11.8 Å². The largest absolute Gasteiger partial charge is 0.477 e. The Kier molecular flexibility index (Phi) is 5.69. The highest BCUT2D eigenvalue weighted by molar-refractivity contribution is 5.89. The summed E-state index contributed by atoms with van der Waals surface area (Å²) in [6.07, 6.45) is 5.59. The smallest absolute Gasteiger partial charge is 0.314 e. The topological polar surface area (TPSA) is 55.8 Å². The average molecular weight is 414 g/mol. The zero-order chi connectivity index (χ0) is 21.6. The molecule has 2 aliphatic carbocycles. The van der Waals surface area contributed by atoms with Crippen LogP contribution in [-0.4, -0.2) is 42.9 Å². The first kappa shape index (κ1) is 21.4. The molecule has 30 heavy (non-hydrogen) atoms. The number of esters is 1. The first-order chi connectivity index (χ1) is 14.3. The molecule has 2 unspecified atom stereocenters. The summed E-state index contributed by atoms with van der Waals surface area (Å²) in [5.41, 5.74) is 1.97. The summed E-state index contributed by atoms with van der Waals surface area (Å²) in [5.74, 6) is 1.36. The van der Waals surface area contributed by atoms with Crippen LogP contribution in [0.2, 0.25) is 0 Å². The second kappa shape index (κ2) is 7.99. The quantitative estimate of drug-likeness (QED) is 0.493. The summed E-state index contributed by atoms with van der Waals surface area (Å²) in [7, 11) is 4.25. The van der Waals surface area contributed by atoms with E-state index in [-0.39, 0.29) is 23.1 Å². The van der Waals surface area contributed by atoms with E-state index < -0.39 is 6.10 Å².